The SMILES string of the molecule is CCC(C)[C@H](NC=O)C(C)=O.CCCC.CCC[C@@]1(C)CCc2[nH]c3c(Cl)cc(Cl)cc3c2C1.CN=C(CNC=O)OC(NC)=C(C)C.COCc1ccccc1. The molecule has 1 unspecified atom stereocenters. The topological polar surface area (TPSA) is 134 Å². The first-order valence-corrected chi connectivity index (χ1v) is 20.8. The van der Waals surface area contributed by atoms with Gasteiger partial charge < -0.3 is 30.4 Å². The molecule has 3 atom stereocenters. The molecule has 0 fully saturated rings. The van der Waals surface area contributed by atoms with Gasteiger partial charge in [0, 0.05) is 37.3 Å². The minimum absolute atomic E-state index is 0.0199. The lowest BCUT2D eigenvalue weighted by Crippen LogP contribution is -2.39. The second-order valence-corrected chi connectivity index (χ2v) is 15.4. The van der Waals surface area contributed by atoms with E-state index in [1.54, 1.807) is 21.2 Å². The summed E-state index contributed by atoms with van der Waals surface area (Å²) in [5, 5.41) is 10.6. The predicted octanol–water partition coefficient (Wildman–Crippen LogP) is 10.4. The Balaban J connectivity index is 0.000000737. The molecule has 3 aromatic rings. The van der Waals surface area contributed by atoms with Crippen LogP contribution in [0.25, 0.3) is 10.9 Å². The number of rotatable bonds is 15. The van der Waals surface area contributed by atoms with Crippen LogP contribution < -0.4 is 16.0 Å². The number of unbranched alkanes of at least 4 members (excludes halogenated alkanes) is 1. The van der Waals surface area contributed by atoms with Gasteiger partial charge in [-0.05, 0) is 86.6 Å². The Morgan fingerprint density at radius 1 is 1.02 bits per heavy atom. The summed E-state index contributed by atoms with van der Waals surface area (Å²) in [5.74, 6) is 1.35. The van der Waals surface area contributed by atoms with E-state index in [9.17, 15) is 14.4 Å². The third-order valence-corrected chi connectivity index (χ3v) is 10.0. The second-order valence-electron chi connectivity index (χ2n) is 14.6. The number of nitrogens with one attached hydrogen (secondary N) is 4. The predicted molar refractivity (Wildman–Crippen MR) is 240 cm³/mol. The van der Waals surface area contributed by atoms with E-state index >= 15 is 0 Å². The summed E-state index contributed by atoms with van der Waals surface area (Å²) in [6.07, 6.45) is 10.8. The van der Waals surface area contributed by atoms with Crippen molar-refractivity contribution in [1.82, 2.24) is 20.9 Å². The molecule has 1 aliphatic rings. The maximum absolute atomic E-state index is 10.9. The largest absolute Gasteiger partial charge is 0.426 e. The summed E-state index contributed by atoms with van der Waals surface area (Å²) >= 11 is 12.5. The normalized spacial score (nSPS) is 15.1. The van der Waals surface area contributed by atoms with Crippen molar-refractivity contribution in [2.75, 3.05) is 27.7 Å². The van der Waals surface area contributed by atoms with Gasteiger partial charge in [0.2, 0.25) is 18.7 Å². The highest BCUT2D eigenvalue weighted by atomic mass is 35.5. The minimum Gasteiger partial charge on any atom is -0.426 e. The van der Waals surface area contributed by atoms with E-state index in [2.05, 4.69) is 59.7 Å². The van der Waals surface area contributed by atoms with Gasteiger partial charge in [-0.2, -0.15) is 0 Å². The molecule has 2 aromatic carbocycles. The summed E-state index contributed by atoms with van der Waals surface area (Å²) in [5.41, 5.74) is 6.50. The monoisotopic (exact) mass is 831 g/mol. The van der Waals surface area contributed by atoms with E-state index in [4.69, 9.17) is 32.7 Å². The van der Waals surface area contributed by atoms with E-state index < -0.39 is 0 Å². The number of aliphatic imine (C=N–C) groups is 1. The fourth-order valence-corrected chi connectivity index (χ4v) is 6.59. The number of benzene rings is 2. The van der Waals surface area contributed by atoms with E-state index in [1.165, 1.54) is 61.2 Å². The fourth-order valence-electron chi connectivity index (χ4n) is 6.04. The molecular formula is C45H71Cl2N5O5. The van der Waals surface area contributed by atoms with Gasteiger partial charge in [-0.15, -0.1) is 0 Å². The van der Waals surface area contributed by atoms with Crippen LogP contribution in [-0.4, -0.2) is 63.3 Å². The Kier molecular flexibility index (Phi) is 28.2. The molecule has 0 saturated heterocycles. The molecule has 10 nitrogen and oxygen atoms in total. The Bertz CT molecular complexity index is 1650. The standard InChI is InChI=1S/C16H19Cl2N.C9H17N3O2.C8H15NO2.C8H10O.C4H10/c1-3-5-16(2)6-4-14-12(9-16)11-7-10(17)8-13(18)15(11)19-14;1-7(2)9(11-4)14-8(10-3)5-12-6-13;1-4-6(2)8(7(3)11)9-5-10;1-9-7-8-5-3-2-4-6-8;1-3-4-2/h7-8,19H,3-6,9H2,1-2H3;6,11H,5H2,1-4H3,(H,12,13);5-6,8H,4H2,1-3H3,(H,9,10);2-6H,7H2,1H3;3-4H2,1-2H3/t16-;;6?,8-;;/m0.0../s1. The first-order valence-electron chi connectivity index (χ1n) is 20.0. The molecule has 4 N–H and O–H groups in total. The molecule has 57 heavy (non-hydrogen) atoms. The van der Waals surface area contributed by atoms with Gasteiger partial charge in [-0.3, -0.25) is 19.4 Å². The Hall–Kier alpha value is -3.86. The molecule has 0 radical (unpaired) electrons. The number of fused-ring (bicyclic) bond motifs is 3. The summed E-state index contributed by atoms with van der Waals surface area (Å²) in [6.45, 7) is 19.3. The number of hydrogen-bond acceptors (Lipinski definition) is 7. The van der Waals surface area contributed by atoms with Crippen LogP contribution in [0.3, 0.4) is 0 Å². The molecule has 12 heteroatoms. The average Bonchev–Trinajstić information content (AvgIpc) is 3.55. The van der Waals surface area contributed by atoms with Crippen molar-refractivity contribution in [1.29, 1.82) is 0 Å². The van der Waals surface area contributed by atoms with Gasteiger partial charge in [-0.1, -0.05) is 121 Å². The number of H-pyrrole nitrogens is 1. The number of halogens is 2. The Morgan fingerprint density at radius 2 is 1.67 bits per heavy atom. The van der Waals surface area contributed by atoms with Gasteiger partial charge in [0.15, 0.2) is 11.7 Å². The van der Waals surface area contributed by atoms with E-state index in [0.29, 0.717) is 43.2 Å². The van der Waals surface area contributed by atoms with Crippen molar-refractivity contribution in [3.8, 4) is 0 Å². The lowest BCUT2D eigenvalue weighted by molar-refractivity contribution is -0.123. The molecule has 0 saturated carbocycles. The first kappa shape index (κ1) is 53.1. The third-order valence-electron chi connectivity index (χ3n) is 9.50. The number of aryl methyl sites for hydroxylation is 1. The zero-order chi connectivity index (χ0) is 43.4. The Labute approximate surface area is 353 Å². The number of carbonyl (C=O) groups excluding carboxylic acids is 3. The van der Waals surface area contributed by atoms with Gasteiger partial charge in [-0.25, -0.2) is 0 Å². The van der Waals surface area contributed by atoms with Crippen LogP contribution in [0.4, 0.5) is 0 Å². The summed E-state index contributed by atoms with van der Waals surface area (Å²) in [4.78, 5) is 38.5. The highest BCUT2D eigenvalue weighted by Gasteiger charge is 2.31. The summed E-state index contributed by atoms with van der Waals surface area (Å²) in [7, 11) is 5.08. The van der Waals surface area contributed by atoms with Gasteiger partial charge in [0.25, 0.3) is 0 Å². The highest BCUT2D eigenvalue weighted by Crippen LogP contribution is 2.43. The fraction of sp³-hybridized carbons (Fsp3) is 0.556. The number of ether oxygens (including phenoxy) is 2. The maximum Gasteiger partial charge on any atom is 0.211 e. The van der Waals surface area contributed by atoms with Crippen molar-refractivity contribution in [2.24, 2.45) is 16.3 Å². The number of allylic oxidation sites excluding steroid dienone is 1. The number of hydrogen-bond donors (Lipinski definition) is 4. The van der Waals surface area contributed by atoms with Crippen LogP contribution in [0, 0.1) is 11.3 Å². The van der Waals surface area contributed by atoms with Crippen molar-refractivity contribution in [3.05, 3.63) is 80.8 Å². The third kappa shape index (κ3) is 20.4. The average molecular weight is 833 g/mol. The van der Waals surface area contributed by atoms with E-state index in [0.717, 1.165) is 40.4 Å². The summed E-state index contributed by atoms with van der Waals surface area (Å²) < 4.78 is 10.3. The number of ketones is 1. The van der Waals surface area contributed by atoms with Gasteiger partial charge in [0.1, 0.15) is 0 Å². The quantitative estimate of drug-likeness (QED) is 0.0522. The van der Waals surface area contributed by atoms with Crippen molar-refractivity contribution in [3.63, 3.8) is 0 Å². The van der Waals surface area contributed by atoms with Crippen LogP contribution >= 0.6 is 23.2 Å². The number of methoxy groups -OCH3 is 1. The molecule has 0 spiro atoms. The molecule has 4 rings (SSSR count). The van der Waals surface area contributed by atoms with Gasteiger partial charge >= 0.3 is 0 Å². The molecular weight excluding hydrogens is 761 g/mol. The zero-order valence-electron chi connectivity index (χ0n) is 36.7. The van der Waals surface area contributed by atoms with Crippen LogP contribution in [0.15, 0.2) is 58.9 Å². The zero-order valence-corrected chi connectivity index (χ0v) is 38.2. The smallest absolute Gasteiger partial charge is 0.211 e. The van der Waals surface area contributed by atoms with E-state index in [-0.39, 0.29) is 17.7 Å². The molecule has 2 amide bonds. The van der Waals surface area contributed by atoms with Crippen LogP contribution in [0.1, 0.15) is 118 Å². The number of amides is 2. The molecule has 0 aliphatic heterocycles. The van der Waals surface area contributed by atoms with Crippen LogP contribution in [-0.2, 0) is 43.3 Å². The molecule has 1 heterocycles. The minimum atomic E-state index is -0.308. The van der Waals surface area contributed by atoms with Crippen molar-refractivity contribution in [2.45, 2.75) is 126 Å². The van der Waals surface area contributed by atoms with E-state index in [1.807, 2.05) is 64.1 Å². The number of aromatic nitrogens is 1. The lowest BCUT2D eigenvalue weighted by atomic mass is 9.72. The molecule has 1 aliphatic carbocycles. The number of nitrogens with zero attached hydrogens (tertiary/aromatic N) is 1. The summed E-state index contributed by atoms with van der Waals surface area (Å²) in [6, 6.07) is 13.7. The molecule has 0 bridgehead atoms. The number of Topliss-reactive ketones (excluding diaryl/α,β-unsaturated/α-hetero) is 1. The Morgan fingerprint density at radius 3 is 2.14 bits per heavy atom. The highest BCUT2D eigenvalue weighted by molar-refractivity contribution is 6.38. The number of aromatic amines is 1. The lowest BCUT2D eigenvalue weighted by Gasteiger charge is -2.33. The van der Waals surface area contributed by atoms with Crippen molar-refractivity contribution < 1.29 is 23.9 Å². The van der Waals surface area contributed by atoms with Crippen LogP contribution in [0.2, 0.25) is 10.0 Å². The van der Waals surface area contributed by atoms with Crippen molar-refractivity contribution >= 4 is 58.6 Å². The second kappa shape index (κ2) is 30.3. The van der Waals surface area contributed by atoms with Crippen LogP contribution in [0.5, 0.6) is 0 Å². The van der Waals surface area contributed by atoms with Gasteiger partial charge in [0.05, 0.1) is 29.7 Å². The first-order chi connectivity index (χ1) is 27.1. The number of carbonyl (C=O) groups is 3. The molecule has 1 aromatic heterocycles. The molecule has 320 valence electrons. The maximum atomic E-state index is 10.9.